The molecule has 24 heavy (non-hydrogen) atoms. The molecule has 3 rings (SSSR count). The number of carbonyl (C=O) groups excluding carboxylic acids is 1. The fraction of sp³-hybridized carbons (Fsp3) is 0.316. The fourth-order valence-corrected chi connectivity index (χ4v) is 2.88. The summed E-state index contributed by atoms with van der Waals surface area (Å²) >= 11 is 0. The summed E-state index contributed by atoms with van der Waals surface area (Å²) in [5.41, 5.74) is 2.04. The van der Waals surface area contributed by atoms with Crippen LogP contribution in [0.2, 0.25) is 0 Å². The van der Waals surface area contributed by atoms with Crippen LogP contribution in [0.25, 0.3) is 0 Å². The number of carbonyl (C=O) groups is 1. The minimum absolute atomic E-state index is 0.0408. The molecule has 5 heteroatoms. The van der Waals surface area contributed by atoms with Crippen LogP contribution in [0.15, 0.2) is 54.6 Å². The Morgan fingerprint density at radius 1 is 1.00 bits per heavy atom. The number of hydrogen-bond acceptors (Lipinski definition) is 4. The van der Waals surface area contributed by atoms with Gasteiger partial charge in [-0.25, -0.2) is 0 Å². The monoisotopic (exact) mass is 325 g/mol. The summed E-state index contributed by atoms with van der Waals surface area (Å²) in [7, 11) is 1.67. The first kappa shape index (κ1) is 16.3. The molecular weight excluding hydrogens is 302 g/mol. The third-order valence-electron chi connectivity index (χ3n) is 4.23. The van der Waals surface area contributed by atoms with Crippen molar-refractivity contribution in [2.45, 2.75) is 0 Å². The minimum atomic E-state index is 0.0408. The van der Waals surface area contributed by atoms with Gasteiger partial charge >= 0.3 is 0 Å². The van der Waals surface area contributed by atoms with Gasteiger partial charge in [-0.2, -0.15) is 0 Å². The van der Waals surface area contributed by atoms with Gasteiger partial charge in [0.2, 0.25) is 5.91 Å². The number of benzene rings is 2. The van der Waals surface area contributed by atoms with Crippen LogP contribution < -0.4 is 15.0 Å². The number of nitrogens with zero attached hydrogens (tertiary/aromatic N) is 2. The molecule has 0 aromatic heterocycles. The molecule has 5 nitrogen and oxygen atoms in total. The first-order chi connectivity index (χ1) is 11.7. The number of amides is 1. The second-order valence-corrected chi connectivity index (χ2v) is 5.88. The maximum atomic E-state index is 12.1. The Bertz CT molecular complexity index is 650. The van der Waals surface area contributed by atoms with E-state index in [9.17, 15) is 4.79 Å². The molecule has 0 unspecified atom stereocenters. The Morgan fingerprint density at radius 3 is 2.29 bits per heavy atom. The normalized spacial score (nSPS) is 15.1. The lowest BCUT2D eigenvalue weighted by Gasteiger charge is -2.35. The van der Waals surface area contributed by atoms with Gasteiger partial charge in [-0.1, -0.05) is 18.2 Å². The number of piperazine rings is 1. The summed E-state index contributed by atoms with van der Waals surface area (Å²) in [5, 5.41) is 2.94. The fourth-order valence-electron chi connectivity index (χ4n) is 2.88. The van der Waals surface area contributed by atoms with E-state index < -0.39 is 0 Å². The number of para-hydroxylation sites is 1. The van der Waals surface area contributed by atoms with E-state index >= 15 is 0 Å². The Hall–Kier alpha value is -2.53. The highest BCUT2D eigenvalue weighted by molar-refractivity contribution is 5.92. The Balaban J connectivity index is 1.47. The van der Waals surface area contributed by atoms with Crippen molar-refractivity contribution in [1.29, 1.82) is 0 Å². The van der Waals surface area contributed by atoms with Gasteiger partial charge in [0.15, 0.2) is 0 Å². The summed E-state index contributed by atoms with van der Waals surface area (Å²) in [6.07, 6.45) is 0. The van der Waals surface area contributed by atoms with E-state index in [2.05, 4.69) is 27.2 Å². The van der Waals surface area contributed by atoms with Crippen LogP contribution in [0.1, 0.15) is 0 Å². The third kappa shape index (κ3) is 4.26. The number of anilines is 2. The smallest absolute Gasteiger partial charge is 0.238 e. The summed E-state index contributed by atoms with van der Waals surface area (Å²) in [6, 6.07) is 17.7. The van der Waals surface area contributed by atoms with Gasteiger partial charge in [-0.3, -0.25) is 9.69 Å². The van der Waals surface area contributed by atoms with Gasteiger partial charge in [-0.15, -0.1) is 0 Å². The van der Waals surface area contributed by atoms with E-state index in [0.717, 1.165) is 37.6 Å². The molecular formula is C19H23N3O2. The van der Waals surface area contributed by atoms with Crippen LogP contribution in [0.5, 0.6) is 5.75 Å². The molecule has 1 amide bonds. The molecule has 0 spiro atoms. The van der Waals surface area contributed by atoms with Gasteiger partial charge in [0.1, 0.15) is 5.75 Å². The predicted octanol–water partition coefficient (Wildman–Crippen LogP) is 2.46. The highest BCUT2D eigenvalue weighted by Gasteiger charge is 2.19. The van der Waals surface area contributed by atoms with E-state index in [1.807, 2.05) is 42.5 Å². The Labute approximate surface area is 142 Å². The zero-order valence-corrected chi connectivity index (χ0v) is 13.9. The summed E-state index contributed by atoms with van der Waals surface area (Å²) in [5.74, 6) is 0.911. The number of hydrogen-bond donors (Lipinski definition) is 1. The van der Waals surface area contributed by atoms with Crippen molar-refractivity contribution in [3.63, 3.8) is 0 Å². The van der Waals surface area contributed by atoms with Crippen LogP contribution in [0.3, 0.4) is 0 Å². The molecule has 0 aliphatic carbocycles. The molecule has 0 atom stereocenters. The van der Waals surface area contributed by atoms with E-state index in [-0.39, 0.29) is 5.91 Å². The minimum Gasteiger partial charge on any atom is -0.497 e. The van der Waals surface area contributed by atoms with E-state index in [4.69, 9.17) is 4.74 Å². The maximum absolute atomic E-state index is 12.1. The van der Waals surface area contributed by atoms with Gasteiger partial charge < -0.3 is 15.0 Å². The molecule has 1 fully saturated rings. The van der Waals surface area contributed by atoms with Crippen LogP contribution in [0.4, 0.5) is 11.4 Å². The van der Waals surface area contributed by atoms with Crippen molar-refractivity contribution in [3.8, 4) is 5.75 Å². The third-order valence-corrected chi connectivity index (χ3v) is 4.23. The van der Waals surface area contributed by atoms with E-state index in [1.165, 1.54) is 5.69 Å². The first-order valence-electron chi connectivity index (χ1n) is 8.21. The molecule has 1 aliphatic heterocycles. The predicted molar refractivity (Wildman–Crippen MR) is 96.7 cm³/mol. The number of methoxy groups -OCH3 is 1. The van der Waals surface area contributed by atoms with E-state index in [1.54, 1.807) is 7.11 Å². The SMILES string of the molecule is COc1ccc(N2CCN(CC(=O)Nc3ccccc3)CC2)cc1. The first-order valence-corrected chi connectivity index (χ1v) is 8.21. The summed E-state index contributed by atoms with van der Waals surface area (Å²) in [4.78, 5) is 16.7. The van der Waals surface area contributed by atoms with Crippen molar-refractivity contribution >= 4 is 17.3 Å². The molecule has 126 valence electrons. The van der Waals surface area contributed by atoms with Crippen LogP contribution in [-0.2, 0) is 4.79 Å². The van der Waals surface area contributed by atoms with Crippen molar-refractivity contribution in [2.24, 2.45) is 0 Å². The van der Waals surface area contributed by atoms with Crippen molar-refractivity contribution in [2.75, 3.05) is 50.1 Å². The number of ether oxygens (including phenoxy) is 1. The molecule has 1 heterocycles. The molecule has 0 radical (unpaired) electrons. The number of nitrogens with one attached hydrogen (secondary N) is 1. The van der Waals surface area contributed by atoms with Crippen molar-refractivity contribution in [3.05, 3.63) is 54.6 Å². The van der Waals surface area contributed by atoms with Gasteiger partial charge in [0, 0.05) is 37.6 Å². The molecule has 0 bridgehead atoms. The lowest BCUT2D eigenvalue weighted by Crippen LogP contribution is -2.48. The van der Waals surface area contributed by atoms with Gasteiger partial charge in [0.25, 0.3) is 0 Å². The largest absolute Gasteiger partial charge is 0.497 e. The second kappa shape index (κ2) is 7.84. The van der Waals surface area contributed by atoms with Crippen molar-refractivity contribution < 1.29 is 9.53 Å². The van der Waals surface area contributed by atoms with Crippen LogP contribution >= 0.6 is 0 Å². The maximum Gasteiger partial charge on any atom is 0.238 e. The zero-order valence-electron chi connectivity index (χ0n) is 13.9. The molecule has 0 saturated carbocycles. The van der Waals surface area contributed by atoms with Crippen LogP contribution in [-0.4, -0.2) is 50.6 Å². The van der Waals surface area contributed by atoms with Gasteiger partial charge in [-0.05, 0) is 36.4 Å². The standard InChI is InChI=1S/C19H23N3O2/c1-24-18-9-7-17(8-10-18)22-13-11-21(12-14-22)15-19(23)20-16-5-3-2-4-6-16/h2-10H,11-15H2,1H3,(H,20,23). The molecule has 1 N–H and O–H groups in total. The average Bonchev–Trinajstić information content (AvgIpc) is 2.63. The average molecular weight is 325 g/mol. The van der Waals surface area contributed by atoms with Crippen molar-refractivity contribution in [1.82, 2.24) is 4.90 Å². The number of rotatable bonds is 5. The zero-order chi connectivity index (χ0) is 16.8. The Kier molecular flexibility index (Phi) is 5.33. The highest BCUT2D eigenvalue weighted by Crippen LogP contribution is 2.20. The molecule has 1 aliphatic rings. The highest BCUT2D eigenvalue weighted by atomic mass is 16.5. The summed E-state index contributed by atoms with van der Waals surface area (Å²) in [6.45, 7) is 4.05. The van der Waals surface area contributed by atoms with Gasteiger partial charge in [0.05, 0.1) is 13.7 Å². The lowest BCUT2D eigenvalue weighted by molar-refractivity contribution is -0.117. The quantitative estimate of drug-likeness (QED) is 0.917. The van der Waals surface area contributed by atoms with Crippen LogP contribution in [0, 0.1) is 0 Å². The van der Waals surface area contributed by atoms with E-state index in [0.29, 0.717) is 6.54 Å². The summed E-state index contributed by atoms with van der Waals surface area (Å²) < 4.78 is 5.19. The molecule has 1 saturated heterocycles. The Morgan fingerprint density at radius 2 is 1.67 bits per heavy atom. The molecule has 2 aromatic rings. The molecule has 2 aromatic carbocycles. The topological polar surface area (TPSA) is 44.8 Å². The lowest BCUT2D eigenvalue weighted by atomic mass is 10.2. The second-order valence-electron chi connectivity index (χ2n) is 5.88.